The van der Waals surface area contributed by atoms with Gasteiger partial charge >= 0.3 is 12.0 Å². The van der Waals surface area contributed by atoms with Crippen molar-refractivity contribution >= 4 is 23.5 Å². The molecule has 5 N–H and O–H groups in total. The topological polar surface area (TPSA) is 122 Å². The molecular formula is C15H17N5O3. The van der Waals surface area contributed by atoms with E-state index < -0.39 is 5.97 Å². The molecule has 8 nitrogen and oxygen atoms in total. The van der Waals surface area contributed by atoms with Gasteiger partial charge < -0.3 is 21.5 Å². The third-order valence-corrected chi connectivity index (χ3v) is 3.64. The summed E-state index contributed by atoms with van der Waals surface area (Å²) in [7, 11) is 0. The normalized spacial score (nSPS) is 13.6. The lowest BCUT2D eigenvalue weighted by Gasteiger charge is -2.12. The molecule has 1 aliphatic carbocycles. The number of aryl methyl sites for hydroxylation is 1. The van der Waals surface area contributed by atoms with Gasteiger partial charge in [0.2, 0.25) is 0 Å². The van der Waals surface area contributed by atoms with Crippen LogP contribution in [0.3, 0.4) is 0 Å². The number of hydrogen-bond donors (Lipinski definition) is 4. The standard InChI is InChI=1S/C15H17N5O3/c1-8-2-3-10(19-15(23)18-9-4-5-9)6-12(8)20-13(16)11(7-17-20)14(21)22/h2-3,6-7,9H,4-5,16H2,1H3,(H,21,22)(H2,18,19,23). The number of rotatable bonds is 4. The van der Waals surface area contributed by atoms with Gasteiger partial charge in [-0.25, -0.2) is 14.3 Å². The van der Waals surface area contributed by atoms with Crippen molar-refractivity contribution in [3.05, 3.63) is 35.5 Å². The molecule has 1 saturated carbocycles. The van der Waals surface area contributed by atoms with Crippen molar-refractivity contribution in [1.82, 2.24) is 15.1 Å². The first-order chi connectivity index (χ1) is 11.0. The Morgan fingerprint density at radius 1 is 1.39 bits per heavy atom. The maximum atomic E-state index is 11.8. The van der Waals surface area contributed by atoms with Crippen molar-refractivity contribution in [3.63, 3.8) is 0 Å². The van der Waals surface area contributed by atoms with Crippen LogP contribution in [0.4, 0.5) is 16.3 Å². The van der Waals surface area contributed by atoms with Crippen molar-refractivity contribution in [2.24, 2.45) is 0 Å². The Balaban J connectivity index is 1.88. The van der Waals surface area contributed by atoms with Gasteiger partial charge in [0, 0.05) is 11.7 Å². The zero-order chi connectivity index (χ0) is 16.6. The first-order valence-electron chi connectivity index (χ1n) is 7.21. The fourth-order valence-corrected chi connectivity index (χ4v) is 2.21. The molecule has 1 aromatic heterocycles. The van der Waals surface area contributed by atoms with Gasteiger partial charge in [0.25, 0.3) is 0 Å². The molecule has 0 aliphatic heterocycles. The molecule has 0 saturated heterocycles. The zero-order valence-corrected chi connectivity index (χ0v) is 12.5. The Kier molecular flexibility index (Phi) is 3.65. The van der Waals surface area contributed by atoms with E-state index in [9.17, 15) is 9.59 Å². The Bertz CT molecular complexity index is 779. The number of urea groups is 1. The van der Waals surface area contributed by atoms with Crippen molar-refractivity contribution in [2.45, 2.75) is 25.8 Å². The quantitative estimate of drug-likeness (QED) is 0.684. The summed E-state index contributed by atoms with van der Waals surface area (Å²) in [6.07, 6.45) is 3.22. The number of carboxylic acid groups (broad SMARTS) is 1. The summed E-state index contributed by atoms with van der Waals surface area (Å²) in [5.41, 5.74) is 7.83. The van der Waals surface area contributed by atoms with E-state index >= 15 is 0 Å². The number of aromatic nitrogens is 2. The van der Waals surface area contributed by atoms with Gasteiger partial charge in [-0.15, -0.1) is 0 Å². The fraction of sp³-hybridized carbons (Fsp3) is 0.267. The SMILES string of the molecule is Cc1ccc(NC(=O)NC2CC2)cc1-n1ncc(C(=O)O)c1N. The molecule has 23 heavy (non-hydrogen) atoms. The second-order valence-corrected chi connectivity index (χ2v) is 5.53. The summed E-state index contributed by atoms with van der Waals surface area (Å²) in [5.74, 6) is -1.09. The van der Waals surface area contributed by atoms with E-state index in [2.05, 4.69) is 15.7 Å². The Labute approximate surface area is 132 Å². The molecule has 1 heterocycles. The smallest absolute Gasteiger partial charge is 0.341 e. The highest BCUT2D eigenvalue weighted by atomic mass is 16.4. The van der Waals surface area contributed by atoms with E-state index in [0.717, 1.165) is 18.4 Å². The summed E-state index contributed by atoms with van der Waals surface area (Å²) < 4.78 is 1.35. The molecule has 1 aromatic carbocycles. The minimum Gasteiger partial charge on any atom is -0.477 e. The molecule has 0 unspecified atom stereocenters. The zero-order valence-electron chi connectivity index (χ0n) is 12.5. The number of carbonyl (C=O) groups is 2. The lowest BCUT2D eigenvalue weighted by molar-refractivity contribution is 0.0698. The Hall–Kier alpha value is -3.03. The van der Waals surface area contributed by atoms with Crippen LogP contribution in [0.5, 0.6) is 0 Å². The predicted molar refractivity (Wildman–Crippen MR) is 84.8 cm³/mol. The fourth-order valence-electron chi connectivity index (χ4n) is 2.21. The van der Waals surface area contributed by atoms with Gasteiger partial charge in [-0.1, -0.05) is 6.07 Å². The molecule has 0 spiro atoms. The van der Waals surface area contributed by atoms with Crippen LogP contribution in [0.15, 0.2) is 24.4 Å². The molecule has 2 aromatic rings. The monoisotopic (exact) mass is 315 g/mol. The second kappa shape index (κ2) is 5.64. The third-order valence-electron chi connectivity index (χ3n) is 3.64. The number of nitrogens with zero attached hydrogens (tertiary/aromatic N) is 2. The predicted octanol–water partition coefficient (Wildman–Crippen LogP) is 1.75. The van der Waals surface area contributed by atoms with Gasteiger partial charge in [-0.05, 0) is 37.5 Å². The van der Waals surface area contributed by atoms with Crippen molar-refractivity contribution in [2.75, 3.05) is 11.1 Å². The molecule has 3 rings (SSSR count). The van der Waals surface area contributed by atoms with Crippen molar-refractivity contribution < 1.29 is 14.7 Å². The second-order valence-electron chi connectivity index (χ2n) is 5.53. The maximum Gasteiger partial charge on any atom is 0.341 e. The highest BCUT2D eigenvalue weighted by Crippen LogP contribution is 2.24. The van der Waals surface area contributed by atoms with E-state index in [1.807, 2.05) is 13.0 Å². The number of carbonyl (C=O) groups excluding carboxylic acids is 1. The van der Waals surface area contributed by atoms with Crippen LogP contribution in [0.1, 0.15) is 28.8 Å². The molecule has 8 heteroatoms. The minimum absolute atomic E-state index is 0.0418. The van der Waals surface area contributed by atoms with Gasteiger partial charge in [0.05, 0.1) is 11.9 Å². The molecular weight excluding hydrogens is 298 g/mol. The molecule has 0 radical (unpaired) electrons. The summed E-state index contributed by atoms with van der Waals surface area (Å²) in [5, 5.41) is 18.7. The van der Waals surface area contributed by atoms with Crippen LogP contribution in [0.25, 0.3) is 5.69 Å². The number of carboxylic acids is 1. The van der Waals surface area contributed by atoms with Crippen LogP contribution >= 0.6 is 0 Å². The average molecular weight is 315 g/mol. The Morgan fingerprint density at radius 3 is 2.74 bits per heavy atom. The van der Waals surface area contributed by atoms with Gasteiger partial charge in [-0.3, -0.25) is 0 Å². The summed E-state index contributed by atoms with van der Waals surface area (Å²) in [4.78, 5) is 22.9. The Morgan fingerprint density at radius 2 is 2.13 bits per heavy atom. The molecule has 120 valence electrons. The lowest BCUT2D eigenvalue weighted by atomic mass is 10.2. The van der Waals surface area contributed by atoms with E-state index in [1.54, 1.807) is 12.1 Å². The van der Waals surface area contributed by atoms with Crippen LogP contribution in [0, 0.1) is 6.92 Å². The largest absolute Gasteiger partial charge is 0.477 e. The summed E-state index contributed by atoms with van der Waals surface area (Å²) in [6.45, 7) is 1.85. The first-order valence-corrected chi connectivity index (χ1v) is 7.21. The number of hydrogen-bond acceptors (Lipinski definition) is 4. The van der Waals surface area contributed by atoms with E-state index in [4.69, 9.17) is 10.8 Å². The maximum absolute atomic E-state index is 11.8. The lowest BCUT2D eigenvalue weighted by Crippen LogP contribution is -2.30. The van der Waals surface area contributed by atoms with E-state index in [1.165, 1.54) is 10.9 Å². The number of amides is 2. The van der Waals surface area contributed by atoms with E-state index in [0.29, 0.717) is 11.4 Å². The van der Waals surface area contributed by atoms with Crippen LogP contribution in [0.2, 0.25) is 0 Å². The molecule has 1 fully saturated rings. The van der Waals surface area contributed by atoms with Crippen molar-refractivity contribution in [1.29, 1.82) is 0 Å². The molecule has 0 bridgehead atoms. The highest BCUT2D eigenvalue weighted by Gasteiger charge is 2.23. The number of nitrogen functional groups attached to an aromatic ring is 1. The van der Waals surface area contributed by atoms with Gasteiger partial charge in [-0.2, -0.15) is 5.10 Å². The summed E-state index contributed by atoms with van der Waals surface area (Å²) in [6, 6.07) is 5.28. The average Bonchev–Trinajstić information content (AvgIpc) is 3.21. The number of aromatic carboxylic acids is 1. The highest BCUT2D eigenvalue weighted by molar-refractivity contribution is 5.93. The molecule has 2 amide bonds. The van der Waals surface area contributed by atoms with Crippen LogP contribution in [-0.4, -0.2) is 32.9 Å². The van der Waals surface area contributed by atoms with Crippen molar-refractivity contribution in [3.8, 4) is 5.69 Å². The number of benzene rings is 1. The molecule has 1 aliphatic rings. The van der Waals surface area contributed by atoms with E-state index in [-0.39, 0.29) is 23.5 Å². The molecule has 0 atom stereocenters. The van der Waals surface area contributed by atoms with Crippen LogP contribution in [-0.2, 0) is 0 Å². The summed E-state index contributed by atoms with van der Waals surface area (Å²) >= 11 is 0. The van der Waals surface area contributed by atoms with Crippen LogP contribution < -0.4 is 16.4 Å². The third kappa shape index (κ3) is 3.10. The van der Waals surface area contributed by atoms with Gasteiger partial charge in [0.1, 0.15) is 11.4 Å². The minimum atomic E-state index is -1.13. The number of anilines is 2. The first kappa shape index (κ1) is 14.9. The number of nitrogens with two attached hydrogens (primary N) is 1. The van der Waals surface area contributed by atoms with Gasteiger partial charge in [0.15, 0.2) is 0 Å². The number of nitrogens with one attached hydrogen (secondary N) is 2.